The van der Waals surface area contributed by atoms with Gasteiger partial charge in [0.05, 0.1) is 18.3 Å². The number of methoxy groups -OCH3 is 1. The summed E-state index contributed by atoms with van der Waals surface area (Å²) in [6.07, 6.45) is 1.76. The third-order valence-electron chi connectivity index (χ3n) is 5.19. The summed E-state index contributed by atoms with van der Waals surface area (Å²) < 4.78 is 6.97. The fourth-order valence-corrected chi connectivity index (χ4v) is 3.67. The van der Waals surface area contributed by atoms with E-state index in [9.17, 15) is 0 Å². The summed E-state index contributed by atoms with van der Waals surface area (Å²) in [6.45, 7) is 6.11. The Morgan fingerprint density at radius 3 is 2.69 bits per heavy atom. The van der Waals surface area contributed by atoms with Crippen LogP contribution in [0.1, 0.15) is 30.7 Å². The summed E-state index contributed by atoms with van der Waals surface area (Å²) in [4.78, 5) is 13.3. The highest BCUT2D eigenvalue weighted by Gasteiger charge is 2.18. The van der Waals surface area contributed by atoms with Crippen molar-refractivity contribution in [1.82, 2.24) is 25.4 Å². The van der Waals surface area contributed by atoms with E-state index in [1.807, 2.05) is 49.8 Å². The van der Waals surface area contributed by atoms with E-state index in [2.05, 4.69) is 36.8 Å². The SMILES string of the molecule is COc1ccc(CNC2=NC(C)=N/C(=C(/C(C)=N)c3ccc4c(c3)c(C)nn4C)N2)cn1. The number of aryl methyl sites for hydroxylation is 2. The number of benzene rings is 1. The molecule has 0 spiro atoms. The summed E-state index contributed by atoms with van der Waals surface area (Å²) in [6, 6.07) is 9.85. The maximum Gasteiger partial charge on any atom is 0.212 e. The van der Waals surface area contributed by atoms with Gasteiger partial charge in [0.25, 0.3) is 0 Å². The van der Waals surface area contributed by atoms with Gasteiger partial charge in [-0.15, -0.1) is 0 Å². The van der Waals surface area contributed by atoms with Gasteiger partial charge in [-0.2, -0.15) is 10.1 Å². The minimum absolute atomic E-state index is 0.408. The van der Waals surface area contributed by atoms with Crippen molar-refractivity contribution in [2.45, 2.75) is 27.3 Å². The second-order valence-electron chi connectivity index (χ2n) is 7.60. The molecule has 0 fully saturated rings. The number of aromatic nitrogens is 3. The Labute approximate surface area is 186 Å². The van der Waals surface area contributed by atoms with Gasteiger partial charge < -0.3 is 20.8 Å². The maximum absolute atomic E-state index is 8.43. The van der Waals surface area contributed by atoms with Crippen molar-refractivity contribution in [1.29, 1.82) is 5.41 Å². The third kappa shape index (κ3) is 4.22. The molecule has 0 radical (unpaired) electrons. The highest BCUT2D eigenvalue weighted by molar-refractivity contribution is 6.23. The summed E-state index contributed by atoms with van der Waals surface area (Å²) in [5.74, 6) is 2.33. The largest absolute Gasteiger partial charge is 0.481 e. The van der Waals surface area contributed by atoms with E-state index in [1.165, 1.54) is 0 Å². The molecule has 4 rings (SSSR count). The van der Waals surface area contributed by atoms with Gasteiger partial charge in [-0.25, -0.2) is 9.98 Å². The molecule has 1 aliphatic rings. The number of rotatable bonds is 5. The van der Waals surface area contributed by atoms with Crippen molar-refractivity contribution in [3.8, 4) is 5.88 Å². The first kappa shape index (κ1) is 21.2. The third-order valence-corrected chi connectivity index (χ3v) is 5.19. The van der Waals surface area contributed by atoms with Crippen LogP contribution in [0.25, 0.3) is 16.5 Å². The van der Waals surface area contributed by atoms with Crippen LogP contribution < -0.4 is 15.4 Å². The molecule has 0 bridgehead atoms. The number of nitrogens with one attached hydrogen (secondary N) is 3. The Balaban J connectivity index is 1.63. The molecule has 0 atom stereocenters. The molecule has 9 nitrogen and oxygen atoms in total. The predicted octanol–water partition coefficient (Wildman–Crippen LogP) is 3.16. The smallest absolute Gasteiger partial charge is 0.212 e. The highest BCUT2D eigenvalue weighted by Crippen LogP contribution is 2.26. The standard InChI is InChI=1S/C23H26N8O/c1-13(24)21(17-7-8-19-18(10-17)14(2)30-31(19)4)22-27-15(3)28-23(29-22)26-12-16-6-9-20(32-5)25-11-16/h6-11,24H,12H2,1-5H3,(H2,26,27,28,29)/b22-21+,24-13?. The number of aliphatic imine (C=N–C) groups is 2. The molecule has 32 heavy (non-hydrogen) atoms. The first-order chi connectivity index (χ1) is 15.4. The number of ether oxygens (including phenoxy) is 1. The van der Waals surface area contributed by atoms with Crippen LogP contribution in [0.4, 0.5) is 0 Å². The lowest BCUT2D eigenvalue weighted by molar-refractivity contribution is 0.397. The number of nitrogens with zero attached hydrogens (tertiary/aromatic N) is 5. The summed E-state index contributed by atoms with van der Waals surface area (Å²) in [7, 11) is 3.52. The van der Waals surface area contributed by atoms with Gasteiger partial charge in [-0.1, -0.05) is 12.1 Å². The Hall–Kier alpha value is -4.01. The van der Waals surface area contributed by atoms with Crippen molar-refractivity contribution in [2.75, 3.05) is 7.11 Å². The van der Waals surface area contributed by atoms with Crippen molar-refractivity contribution in [2.24, 2.45) is 17.0 Å². The van der Waals surface area contributed by atoms with E-state index in [-0.39, 0.29) is 0 Å². The van der Waals surface area contributed by atoms with Crippen LogP contribution in [0.5, 0.6) is 5.88 Å². The molecular formula is C23H26N8O. The number of amidine groups is 1. The van der Waals surface area contributed by atoms with Crippen LogP contribution in [-0.4, -0.2) is 39.4 Å². The van der Waals surface area contributed by atoms with E-state index in [1.54, 1.807) is 20.2 Å². The molecule has 9 heteroatoms. The Morgan fingerprint density at radius 2 is 2.00 bits per heavy atom. The van der Waals surface area contributed by atoms with Crippen LogP contribution in [0, 0.1) is 12.3 Å². The second-order valence-corrected chi connectivity index (χ2v) is 7.60. The lowest BCUT2D eigenvalue weighted by atomic mass is 9.99. The molecule has 0 saturated heterocycles. The van der Waals surface area contributed by atoms with Crippen molar-refractivity contribution >= 4 is 34.0 Å². The van der Waals surface area contributed by atoms with Crippen LogP contribution in [0.15, 0.2) is 52.3 Å². The minimum Gasteiger partial charge on any atom is -0.481 e. The monoisotopic (exact) mass is 430 g/mol. The Bertz CT molecular complexity index is 1280. The topological polar surface area (TPSA) is 113 Å². The number of fused-ring (bicyclic) bond motifs is 1. The van der Waals surface area contributed by atoms with E-state index < -0.39 is 0 Å². The number of pyridine rings is 1. The first-order valence-corrected chi connectivity index (χ1v) is 10.2. The summed E-state index contributed by atoms with van der Waals surface area (Å²) in [5.41, 5.74) is 5.01. The van der Waals surface area contributed by atoms with Gasteiger partial charge in [0.1, 0.15) is 11.7 Å². The maximum atomic E-state index is 8.43. The molecule has 0 saturated carbocycles. The molecule has 3 heterocycles. The van der Waals surface area contributed by atoms with E-state index >= 15 is 0 Å². The van der Waals surface area contributed by atoms with Crippen molar-refractivity contribution < 1.29 is 4.74 Å². The minimum atomic E-state index is 0.408. The van der Waals surface area contributed by atoms with Crippen LogP contribution in [0.3, 0.4) is 0 Å². The zero-order chi connectivity index (χ0) is 22.8. The van der Waals surface area contributed by atoms with Gasteiger partial charge >= 0.3 is 0 Å². The number of guanidine groups is 1. The average molecular weight is 431 g/mol. The number of allylic oxidation sites excluding steroid dienone is 1. The van der Waals surface area contributed by atoms with E-state index in [0.717, 1.165) is 33.3 Å². The number of hydrogen-bond acceptors (Lipinski definition) is 8. The van der Waals surface area contributed by atoms with E-state index in [0.29, 0.717) is 35.8 Å². The number of hydrogen-bond donors (Lipinski definition) is 3. The molecule has 0 amide bonds. The Morgan fingerprint density at radius 1 is 1.19 bits per heavy atom. The zero-order valence-corrected chi connectivity index (χ0v) is 18.8. The average Bonchev–Trinajstić information content (AvgIpc) is 3.05. The predicted molar refractivity (Wildman–Crippen MR) is 127 cm³/mol. The fraction of sp³-hybridized carbons (Fsp3) is 0.261. The first-order valence-electron chi connectivity index (χ1n) is 10.2. The normalized spacial score (nSPS) is 15.0. The highest BCUT2D eigenvalue weighted by atomic mass is 16.5. The molecule has 3 N–H and O–H groups in total. The van der Waals surface area contributed by atoms with Gasteiger partial charge in [-0.05, 0) is 44.0 Å². The molecule has 2 aromatic heterocycles. The lowest BCUT2D eigenvalue weighted by Crippen LogP contribution is -2.39. The quantitative estimate of drug-likeness (QED) is 0.538. The van der Waals surface area contributed by atoms with E-state index in [4.69, 9.17) is 10.1 Å². The summed E-state index contributed by atoms with van der Waals surface area (Å²) in [5, 5.41) is 20.5. The van der Waals surface area contributed by atoms with Crippen LogP contribution in [-0.2, 0) is 13.6 Å². The molecule has 0 aliphatic carbocycles. The zero-order valence-electron chi connectivity index (χ0n) is 18.8. The summed E-state index contributed by atoms with van der Waals surface area (Å²) >= 11 is 0. The van der Waals surface area contributed by atoms with Crippen LogP contribution >= 0.6 is 0 Å². The van der Waals surface area contributed by atoms with Gasteiger partial charge in [-0.3, -0.25) is 4.68 Å². The van der Waals surface area contributed by atoms with Gasteiger partial charge in [0.15, 0.2) is 0 Å². The van der Waals surface area contributed by atoms with Gasteiger partial charge in [0.2, 0.25) is 11.8 Å². The fourth-order valence-electron chi connectivity index (χ4n) is 3.67. The van der Waals surface area contributed by atoms with Crippen molar-refractivity contribution in [3.63, 3.8) is 0 Å². The van der Waals surface area contributed by atoms with Crippen molar-refractivity contribution in [3.05, 3.63) is 59.2 Å². The molecule has 1 aromatic carbocycles. The molecule has 3 aromatic rings. The molecule has 1 aliphatic heterocycles. The molecule has 164 valence electrons. The lowest BCUT2D eigenvalue weighted by Gasteiger charge is -2.20. The molecule has 0 unspecified atom stereocenters. The second kappa shape index (κ2) is 8.62. The Kier molecular flexibility index (Phi) is 5.72. The van der Waals surface area contributed by atoms with Crippen LogP contribution in [0.2, 0.25) is 0 Å². The van der Waals surface area contributed by atoms with Gasteiger partial charge in [0, 0.05) is 42.5 Å². The molecular weight excluding hydrogens is 404 g/mol.